The van der Waals surface area contributed by atoms with Gasteiger partial charge < -0.3 is 15.0 Å². The van der Waals surface area contributed by atoms with Crippen LogP contribution in [-0.2, 0) is 4.74 Å². The van der Waals surface area contributed by atoms with Gasteiger partial charge in [0.25, 0.3) is 0 Å². The van der Waals surface area contributed by atoms with Gasteiger partial charge in [0.05, 0.1) is 6.10 Å². The molecule has 1 aromatic carbocycles. The van der Waals surface area contributed by atoms with E-state index >= 15 is 0 Å². The lowest BCUT2D eigenvalue weighted by Crippen LogP contribution is -2.44. The molecule has 3 heteroatoms. The molecule has 0 spiro atoms. The molecule has 1 aliphatic heterocycles. The molecule has 1 heterocycles. The molecule has 0 bridgehead atoms. The second-order valence-corrected chi connectivity index (χ2v) is 5.49. The van der Waals surface area contributed by atoms with Gasteiger partial charge in [-0.3, -0.25) is 0 Å². The fraction of sp³-hybridized carbons (Fsp3) is 0.625. The fourth-order valence-electron chi connectivity index (χ4n) is 2.70. The van der Waals surface area contributed by atoms with Crippen LogP contribution in [0.5, 0.6) is 0 Å². The van der Waals surface area contributed by atoms with E-state index in [4.69, 9.17) is 4.74 Å². The lowest BCUT2D eigenvalue weighted by atomic mass is 9.96. The molecule has 1 saturated heterocycles. The van der Waals surface area contributed by atoms with Crippen molar-refractivity contribution in [3.8, 4) is 0 Å². The first-order chi connectivity index (χ1) is 9.29. The zero-order valence-electron chi connectivity index (χ0n) is 12.1. The summed E-state index contributed by atoms with van der Waals surface area (Å²) in [6.07, 6.45) is 2.85. The van der Waals surface area contributed by atoms with Crippen LogP contribution in [0.4, 0.5) is 5.69 Å². The normalized spacial score (nSPS) is 24.3. The van der Waals surface area contributed by atoms with E-state index in [1.54, 1.807) is 0 Å². The fourth-order valence-corrected chi connectivity index (χ4v) is 2.70. The summed E-state index contributed by atoms with van der Waals surface area (Å²) in [5, 5.41) is 3.46. The van der Waals surface area contributed by atoms with Crippen molar-refractivity contribution in [1.29, 1.82) is 0 Å². The molecular formula is C16H26N2O. The summed E-state index contributed by atoms with van der Waals surface area (Å²) in [5.41, 5.74) is 1.21. The zero-order chi connectivity index (χ0) is 13.5. The van der Waals surface area contributed by atoms with Gasteiger partial charge in [-0.1, -0.05) is 25.1 Å². The molecule has 1 N–H and O–H groups in total. The summed E-state index contributed by atoms with van der Waals surface area (Å²) in [4.78, 5) is 2.53. The van der Waals surface area contributed by atoms with E-state index in [0.717, 1.165) is 19.6 Å². The second-order valence-electron chi connectivity index (χ2n) is 5.49. The average molecular weight is 262 g/mol. The van der Waals surface area contributed by atoms with Gasteiger partial charge in [-0.05, 0) is 44.0 Å². The standard InChI is InChI=1S/C16H26N2O/c1-14-9-12-18(13-16(14)19-2)11-6-10-17-15-7-4-3-5-8-15/h3-5,7-8,14,16-17H,6,9-13H2,1-2H3. The van der Waals surface area contributed by atoms with Crippen molar-refractivity contribution in [2.45, 2.75) is 25.9 Å². The number of piperidine rings is 1. The number of hydrogen-bond donors (Lipinski definition) is 1. The van der Waals surface area contributed by atoms with Gasteiger partial charge in [-0.2, -0.15) is 0 Å². The highest BCUT2D eigenvalue weighted by Crippen LogP contribution is 2.19. The number of para-hydroxylation sites is 1. The number of rotatable bonds is 6. The number of nitrogens with zero attached hydrogens (tertiary/aromatic N) is 1. The Balaban J connectivity index is 1.63. The Morgan fingerprint density at radius 3 is 2.84 bits per heavy atom. The first-order valence-corrected chi connectivity index (χ1v) is 7.33. The zero-order valence-corrected chi connectivity index (χ0v) is 12.1. The van der Waals surface area contributed by atoms with Crippen molar-refractivity contribution in [3.63, 3.8) is 0 Å². The number of likely N-dealkylation sites (tertiary alicyclic amines) is 1. The Morgan fingerprint density at radius 2 is 2.11 bits per heavy atom. The molecule has 19 heavy (non-hydrogen) atoms. The number of hydrogen-bond acceptors (Lipinski definition) is 3. The van der Waals surface area contributed by atoms with Gasteiger partial charge in [0.1, 0.15) is 0 Å². The summed E-state index contributed by atoms with van der Waals surface area (Å²) in [5.74, 6) is 0.698. The Labute approximate surface area is 116 Å². The number of benzene rings is 1. The quantitative estimate of drug-likeness (QED) is 0.798. The van der Waals surface area contributed by atoms with Crippen LogP contribution in [0.15, 0.2) is 30.3 Å². The van der Waals surface area contributed by atoms with Crippen LogP contribution in [0.1, 0.15) is 19.8 Å². The van der Waals surface area contributed by atoms with Crippen LogP contribution in [0, 0.1) is 5.92 Å². The predicted octanol–water partition coefficient (Wildman–Crippen LogP) is 2.85. The molecule has 2 rings (SSSR count). The molecule has 1 aliphatic rings. The highest BCUT2D eigenvalue weighted by atomic mass is 16.5. The lowest BCUT2D eigenvalue weighted by Gasteiger charge is -2.36. The number of ether oxygens (including phenoxy) is 1. The summed E-state index contributed by atoms with van der Waals surface area (Å²) in [7, 11) is 1.83. The van der Waals surface area contributed by atoms with E-state index in [0.29, 0.717) is 12.0 Å². The first-order valence-electron chi connectivity index (χ1n) is 7.33. The second kappa shape index (κ2) is 7.51. The third-order valence-corrected chi connectivity index (χ3v) is 4.03. The van der Waals surface area contributed by atoms with Crippen molar-refractivity contribution < 1.29 is 4.74 Å². The lowest BCUT2D eigenvalue weighted by molar-refractivity contribution is -0.00484. The Morgan fingerprint density at radius 1 is 1.32 bits per heavy atom. The smallest absolute Gasteiger partial charge is 0.0724 e. The van der Waals surface area contributed by atoms with Gasteiger partial charge in [0, 0.05) is 25.9 Å². The molecule has 1 fully saturated rings. The molecule has 2 unspecified atom stereocenters. The number of methoxy groups -OCH3 is 1. The van der Waals surface area contributed by atoms with E-state index < -0.39 is 0 Å². The van der Waals surface area contributed by atoms with Crippen molar-refractivity contribution in [1.82, 2.24) is 4.90 Å². The molecule has 0 saturated carbocycles. The SMILES string of the molecule is COC1CN(CCCNc2ccccc2)CCC1C. The van der Waals surface area contributed by atoms with E-state index in [-0.39, 0.29) is 0 Å². The minimum Gasteiger partial charge on any atom is -0.385 e. The van der Waals surface area contributed by atoms with Gasteiger partial charge in [-0.25, -0.2) is 0 Å². The van der Waals surface area contributed by atoms with Gasteiger partial charge in [0.2, 0.25) is 0 Å². The van der Waals surface area contributed by atoms with Crippen molar-refractivity contribution in [2.75, 3.05) is 38.6 Å². The van der Waals surface area contributed by atoms with Crippen LogP contribution in [0.25, 0.3) is 0 Å². The van der Waals surface area contributed by atoms with Crippen LogP contribution < -0.4 is 5.32 Å². The van der Waals surface area contributed by atoms with Crippen LogP contribution in [-0.4, -0.2) is 44.3 Å². The van der Waals surface area contributed by atoms with E-state index in [1.807, 2.05) is 13.2 Å². The minimum absolute atomic E-state index is 0.413. The molecule has 3 nitrogen and oxygen atoms in total. The van der Waals surface area contributed by atoms with E-state index in [9.17, 15) is 0 Å². The third-order valence-electron chi connectivity index (χ3n) is 4.03. The molecule has 0 aliphatic carbocycles. The van der Waals surface area contributed by atoms with E-state index in [1.165, 1.54) is 25.1 Å². The highest BCUT2D eigenvalue weighted by Gasteiger charge is 2.25. The predicted molar refractivity (Wildman–Crippen MR) is 80.6 cm³/mol. The Kier molecular flexibility index (Phi) is 5.67. The Bertz CT molecular complexity index is 355. The maximum absolute atomic E-state index is 5.55. The van der Waals surface area contributed by atoms with Crippen molar-refractivity contribution in [3.05, 3.63) is 30.3 Å². The molecule has 1 aromatic rings. The summed E-state index contributed by atoms with van der Waals surface area (Å²) in [6.45, 7) is 6.79. The molecule has 0 amide bonds. The number of anilines is 1. The highest BCUT2D eigenvalue weighted by molar-refractivity contribution is 5.42. The molecule has 2 atom stereocenters. The molecule has 0 aromatic heterocycles. The minimum atomic E-state index is 0.413. The largest absolute Gasteiger partial charge is 0.385 e. The summed E-state index contributed by atoms with van der Waals surface area (Å²) in [6, 6.07) is 10.4. The van der Waals surface area contributed by atoms with Crippen LogP contribution in [0.3, 0.4) is 0 Å². The molecular weight excluding hydrogens is 236 g/mol. The average Bonchev–Trinajstić information content (AvgIpc) is 2.46. The molecule has 0 radical (unpaired) electrons. The van der Waals surface area contributed by atoms with E-state index in [2.05, 4.69) is 41.4 Å². The van der Waals surface area contributed by atoms with Crippen LogP contribution in [0.2, 0.25) is 0 Å². The topological polar surface area (TPSA) is 24.5 Å². The number of nitrogens with one attached hydrogen (secondary N) is 1. The maximum atomic E-state index is 5.55. The first kappa shape index (κ1) is 14.4. The van der Waals surface area contributed by atoms with Crippen molar-refractivity contribution in [2.24, 2.45) is 5.92 Å². The maximum Gasteiger partial charge on any atom is 0.0724 e. The summed E-state index contributed by atoms with van der Waals surface area (Å²) < 4.78 is 5.55. The third kappa shape index (κ3) is 4.51. The molecule has 106 valence electrons. The Hall–Kier alpha value is -1.06. The summed E-state index contributed by atoms with van der Waals surface area (Å²) >= 11 is 0. The van der Waals surface area contributed by atoms with Crippen LogP contribution >= 0.6 is 0 Å². The van der Waals surface area contributed by atoms with Gasteiger partial charge in [0.15, 0.2) is 0 Å². The van der Waals surface area contributed by atoms with Gasteiger partial charge in [-0.15, -0.1) is 0 Å². The monoisotopic (exact) mass is 262 g/mol. The van der Waals surface area contributed by atoms with Gasteiger partial charge >= 0.3 is 0 Å². The van der Waals surface area contributed by atoms with Crippen molar-refractivity contribution >= 4 is 5.69 Å².